The third-order valence-electron chi connectivity index (χ3n) is 6.07. The Bertz CT molecular complexity index is 1790. The lowest BCUT2D eigenvalue weighted by Crippen LogP contribution is -2.07. The molecule has 5 rings (SSSR count). The molecule has 38 heavy (non-hydrogen) atoms. The van der Waals surface area contributed by atoms with E-state index in [2.05, 4.69) is 32.9 Å². The molecule has 0 amide bonds. The second-order valence-electron chi connectivity index (χ2n) is 8.84. The fraction of sp³-hybridized carbons (Fsp3) is 0.0690. The molecular formula is C29H25FN6S2. The molecule has 9 heteroatoms. The molecule has 2 heterocycles. The zero-order valence-corrected chi connectivity index (χ0v) is 22.3. The number of rotatable bonds is 8. The summed E-state index contributed by atoms with van der Waals surface area (Å²) < 4.78 is 18.7. The van der Waals surface area contributed by atoms with Crippen LogP contribution < -0.4 is 10.0 Å². The van der Waals surface area contributed by atoms with E-state index in [-0.39, 0.29) is 12.1 Å². The van der Waals surface area contributed by atoms with Gasteiger partial charge in [-0.3, -0.25) is 0 Å². The van der Waals surface area contributed by atoms with Crippen LogP contribution in [0, 0.1) is 18.3 Å². The van der Waals surface area contributed by atoms with Crippen LogP contribution in [0.25, 0.3) is 16.9 Å². The average Bonchev–Trinajstić information content (AvgIpc) is 3.35. The average molecular weight is 541 g/mol. The first-order valence-electron chi connectivity index (χ1n) is 11.7. The Kier molecular flexibility index (Phi) is 7.09. The van der Waals surface area contributed by atoms with Crippen LogP contribution in [0.15, 0.2) is 94.9 Å². The van der Waals surface area contributed by atoms with Crippen LogP contribution in [0.3, 0.4) is 0 Å². The number of halogens is 1. The monoisotopic (exact) mass is 540 g/mol. The highest BCUT2D eigenvalue weighted by molar-refractivity contribution is 8.28. The normalized spacial score (nSPS) is 11.3. The Morgan fingerprint density at radius 3 is 2.66 bits per heavy atom. The summed E-state index contributed by atoms with van der Waals surface area (Å²) in [5.41, 5.74) is 5.73. The van der Waals surface area contributed by atoms with Crippen molar-refractivity contribution in [2.75, 3.05) is 10.0 Å². The van der Waals surface area contributed by atoms with Gasteiger partial charge in [0.15, 0.2) is 5.65 Å². The van der Waals surface area contributed by atoms with Crippen molar-refractivity contribution in [1.29, 1.82) is 5.26 Å². The van der Waals surface area contributed by atoms with Gasteiger partial charge in [-0.05, 0) is 48.4 Å². The van der Waals surface area contributed by atoms with Crippen LogP contribution in [0.5, 0.6) is 0 Å². The largest absolute Gasteiger partial charge is 0.366 e. The quantitative estimate of drug-likeness (QED) is 0.202. The molecular weight excluding hydrogens is 515 g/mol. The van der Waals surface area contributed by atoms with Crippen LogP contribution >= 0.6 is 21.5 Å². The van der Waals surface area contributed by atoms with Crippen LogP contribution in [-0.2, 0) is 6.54 Å². The molecule has 0 saturated heterocycles. The van der Waals surface area contributed by atoms with E-state index < -0.39 is 9.39 Å². The summed E-state index contributed by atoms with van der Waals surface area (Å²) in [4.78, 5) is 5.96. The molecule has 2 aromatic heterocycles. The molecule has 0 unspecified atom stereocenters. The van der Waals surface area contributed by atoms with Crippen LogP contribution in [0.2, 0.25) is 0 Å². The van der Waals surface area contributed by atoms with E-state index >= 15 is 0 Å². The molecule has 0 fully saturated rings. The van der Waals surface area contributed by atoms with Gasteiger partial charge in [0.25, 0.3) is 0 Å². The number of hydrogen-bond acceptors (Lipinski definition) is 6. The summed E-state index contributed by atoms with van der Waals surface area (Å²) in [5.74, 6) is 9.32. The van der Waals surface area contributed by atoms with Crippen molar-refractivity contribution in [2.45, 2.75) is 23.3 Å². The molecule has 3 aromatic carbocycles. The molecule has 0 bridgehead atoms. The first-order valence-corrected chi connectivity index (χ1v) is 14.4. The molecule has 0 radical (unpaired) electrons. The maximum absolute atomic E-state index is 13.6. The second-order valence-corrected chi connectivity index (χ2v) is 11.9. The second kappa shape index (κ2) is 10.6. The van der Waals surface area contributed by atoms with Gasteiger partial charge in [0.1, 0.15) is 10.7 Å². The minimum atomic E-state index is -1.88. The number of aryl methyl sites for hydroxylation is 1. The predicted octanol–water partition coefficient (Wildman–Crippen LogP) is 7.22. The molecule has 2 N–H and O–H groups in total. The SMILES string of the molecule is C=S(=C)(Nc1cccc(CNc2cc(-c3ccccc3C)nc3c(SF)cnn23)c1)c1cccc(C#N)c1. The van der Waals surface area contributed by atoms with Crippen molar-refractivity contribution in [3.63, 3.8) is 0 Å². The Morgan fingerprint density at radius 1 is 1.05 bits per heavy atom. The number of nitrogens with one attached hydrogen (secondary N) is 2. The van der Waals surface area contributed by atoms with Crippen LogP contribution in [0.1, 0.15) is 16.7 Å². The topological polar surface area (TPSA) is 78.0 Å². The van der Waals surface area contributed by atoms with Crippen molar-refractivity contribution in [3.05, 3.63) is 102 Å². The van der Waals surface area contributed by atoms with E-state index in [0.717, 1.165) is 33.0 Å². The molecule has 0 atom stereocenters. The van der Waals surface area contributed by atoms with Crippen molar-refractivity contribution in [1.82, 2.24) is 14.6 Å². The molecule has 0 aliphatic rings. The summed E-state index contributed by atoms with van der Waals surface area (Å²) in [6.07, 6.45) is 1.48. The lowest BCUT2D eigenvalue weighted by molar-refractivity contribution is 0.926. The predicted molar refractivity (Wildman–Crippen MR) is 159 cm³/mol. The maximum Gasteiger partial charge on any atom is 0.174 e. The Labute approximate surface area is 226 Å². The highest BCUT2D eigenvalue weighted by Gasteiger charge is 2.14. The van der Waals surface area contributed by atoms with Crippen LogP contribution in [0.4, 0.5) is 15.4 Å². The van der Waals surface area contributed by atoms with Crippen molar-refractivity contribution in [3.8, 4) is 17.3 Å². The summed E-state index contributed by atoms with van der Waals surface area (Å²) in [6.45, 7) is 2.53. The molecule has 0 saturated carbocycles. The van der Waals surface area contributed by atoms with Gasteiger partial charge >= 0.3 is 0 Å². The van der Waals surface area contributed by atoms with Gasteiger partial charge in [-0.1, -0.05) is 54.2 Å². The zero-order chi connectivity index (χ0) is 26.7. The Morgan fingerprint density at radius 2 is 1.87 bits per heavy atom. The van der Waals surface area contributed by atoms with E-state index in [0.29, 0.717) is 28.5 Å². The maximum atomic E-state index is 13.6. The number of fused-ring (bicyclic) bond motifs is 1. The van der Waals surface area contributed by atoms with Crippen molar-refractivity contribution >= 4 is 50.4 Å². The first-order chi connectivity index (χ1) is 18.4. The smallest absolute Gasteiger partial charge is 0.174 e. The summed E-state index contributed by atoms with van der Waals surface area (Å²) in [5, 5.41) is 17.0. The minimum absolute atomic E-state index is 0.135. The minimum Gasteiger partial charge on any atom is -0.366 e. The standard InChI is InChI=1S/C29H25FN6S2/c1-20-8-4-5-13-25(20)26-16-28(36-29(34-26)27(37-30)19-33-36)32-18-22-10-6-11-23(14-22)35-38(2,3)24-12-7-9-21(15-24)17-31/h4-16,19,32,35H,2-3,18H2,1H3. The fourth-order valence-electron chi connectivity index (χ4n) is 4.15. The number of benzene rings is 3. The molecule has 5 aromatic rings. The van der Waals surface area contributed by atoms with Crippen molar-refractivity contribution < 1.29 is 3.89 Å². The Balaban J connectivity index is 1.42. The third kappa shape index (κ3) is 5.23. The van der Waals surface area contributed by atoms with Gasteiger partial charge in [0.2, 0.25) is 0 Å². The van der Waals surface area contributed by atoms with E-state index in [1.54, 1.807) is 10.6 Å². The molecule has 6 nitrogen and oxygen atoms in total. The number of anilines is 2. The van der Waals surface area contributed by atoms with Crippen molar-refractivity contribution in [2.24, 2.45) is 0 Å². The zero-order valence-electron chi connectivity index (χ0n) is 20.7. The third-order valence-corrected chi connectivity index (χ3v) is 8.31. The number of aromatic nitrogens is 3. The van der Waals surface area contributed by atoms with Gasteiger partial charge < -0.3 is 10.0 Å². The summed E-state index contributed by atoms with van der Waals surface area (Å²) in [6, 6.07) is 27.4. The number of nitriles is 1. The molecule has 190 valence electrons. The van der Waals surface area contributed by atoms with Gasteiger partial charge in [-0.25, -0.2) is 4.98 Å². The van der Waals surface area contributed by atoms with Gasteiger partial charge in [0, 0.05) is 28.8 Å². The van der Waals surface area contributed by atoms with Gasteiger partial charge in [-0.15, -0.1) is 9.39 Å². The van der Waals surface area contributed by atoms with E-state index in [9.17, 15) is 9.15 Å². The number of hydrogen-bond donors (Lipinski definition) is 2. The molecule has 0 aliphatic heterocycles. The highest BCUT2D eigenvalue weighted by atomic mass is 32.2. The lowest BCUT2D eigenvalue weighted by Gasteiger charge is -2.19. The van der Waals surface area contributed by atoms with Gasteiger partial charge in [-0.2, -0.15) is 18.8 Å². The van der Waals surface area contributed by atoms with Crippen LogP contribution in [-0.4, -0.2) is 26.3 Å². The summed E-state index contributed by atoms with van der Waals surface area (Å²) >= 11 is 0.135. The highest BCUT2D eigenvalue weighted by Crippen LogP contribution is 2.34. The van der Waals surface area contributed by atoms with E-state index in [1.165, 1.54) is 6.20 Å². The lowest BCUT2D eigenvalue weighted by atomic mass is 10.1. The molecule has 0 spiro atoms. The van der Waals surface area contributed by atoms with E-state index in [1.807, 2.05) is 79.7 Å². The first kappa shape index (κ1) is 25.4. The fourth-order valence-corrected chi connectivity index (χ4v) is 5.83. The molecule has 0 aliphatic carbocycles. The Hall–Kier alpha value is -4.26. The number of nitrogens with zero attached hydrogens (tertiary/aromatic N) is 4. The van der Waals surface area contributed by atoms with Gasteiger partial charge in [0.05, 0.1) is 35.7 Å². The van der Waals surface area contributed by atoms with E-state index in [4.69, 9.17) is 4.98 Å². The summed E-state index contributed by atoms with van der Waals surface area (Å²) in [7, 11) is -1.88.